The van der Waals surface area contributed by atoms with Gasteiger partial charge in [0.05, 0.1) is 6.04 Å². The van der Waals surface area contributed by atoms with E-state index in [1.807, 2.05) is 35.6 Å². The number of hydrogen-bond donors (Lipinski definition) is 2. The summed E-state index contributed by atoms with van der Waals surface area (Å²) in [6, 6.07) is 11.8. The van der Waals surface area contributed by atoms with Crippen LogP contribution in [0, 0.1) is 0 Å². The summed E-state index contributed by atoms with van der Waals surface area (Å²) in [5.41, 5.74) is 2.82. The third-order valence-electron chi connectivity index (χ3n) is 3.01. The number of thiophene rings is 1. The van der Waals surface area contributed by atoms with E-state index in [0.717, 1.165) is 18.6 Å². The molecular weight excluding hydrogens is 292 g/mol. The van der Waals surface area contributed by atoms with Crippen molar-refractivity contribution in [3.63, 3.8) is 0 Å². The second-order valence-corrected chi connectivity index (χ2v) is 6.24. The van der Waals surface area contributed by atoms with Gasteiger partial charge in [0.2, 0.25) is 0 Å². The summed E-state index contributed by atoms with van der Waals surface area (Å²) in [6.45, 7) is 2.69. The van der Waals surface area contributed by atoms with Gasteiger partial charge in [-0.2, -0.15) is 0 Å². The second kappa shape index (κ2) is 7.64. The van der Waals surface area contributed by atoms with E-state index < -0.39 is 0 Å². The minimum atomic E-state index is 0.0917. The van der Waals surface area contributed by atoms with Crippen LogP contribution in [-0.2, 0) is 12.8 Å². The van der Waals surface area contributed by atoms with E-state index in [2.05, 4.69) is 24.5 Å². The average Bonchev–Trinajstić information content (AvgIpc) is 2.93. The molecule has 1 atom stereocenters. The van der Waals surface area contributed by atoms with Crippen molar-refractivity contribution in [2.45, 2.75) is 25.8 Å². The van der Waals surface area contributed by atoms with Crippen LogP contribution in [0.2, 0.25) is 5.02 Å². The first-order valence-electron chi connectivity index (χ1n) is 6.63. The van der Waals surface area contributed by atoms with Crippen LogP contribution in [0.15, 0.2) is 36.4 Å². The molecule has 0 spiro atoms. The van der Waals surface area contributed by atoms with Crippen LogP contribution in [0.4, 0.5) is 0 Å². The van der Waals surface area contributed by atoms with E-state index in [4.69, 9.17) is 22.2 Å². The Balaban J connectivity index is 1.87. The van der Waals surface area contributed by atoms with Crippen LogP contribution in [0.5, 0.6) is 5.75 Å². The topological polar surface area (TPSA) is 47.3 Å². The van der Waals surface area contributed by atoms with Gasteiger partial charge in [-0.1, -0.05) is 18.5 Å². The Bertz CT molecular complexity index is 527. The van der Waals surface area contributed by atoms with Crippen LogP contribution >= 0.6 is 22.9 Å². The number of halogens is 1. The molecule has 0 aliphatic rings. The lowest BCUT2D eigenvalue weighted by Crippen LogP contribution is -2.41. The Kier molecular flexibility index (Phi) is 5.86. The van der Waals surface area contributed by atoms with E-state index in [9.17, 15) is 0 Å². The Morgan fingerprint density at radius 1 is 1.20 bits per heavy atom. The first kappa shape index (κ1) is 15.3. The molecule has 1 aromatic heterocycles. The van der Waals surface area contributed by atoms with Crippen molar-refractivity contribution >= 4 is 22.9 Å². The maximum Gasteiger partial charge on any atom is 0.119 e. The molecule has 0 aliphatic carbocycles. The highest BCUT2D eigenvalue weighted by atomic mass is 35.5. The van der Waals surface area contributed by atoms with Crippen LogP contribution in [0.1, 0.15) is 16.7 Å². The van der Waals surface area contributed by atoms with Gasteiger partial charge >= 0.3 is 0 Å². The number of benzene rings is 1. The quantitative estimate of drug-likeness (QED) is 0.608. The highest BCUT2D eigenvalue weighted by molar-refractivity contribution is 7.11. The summed E-state index contributed by atoms with van der Waals surface area (Å²) in [5.74, 6) is 6.40. The van der Waals surface area contributed by atoms with Crippen molar-refractivity contribution in [3.05, 3.63) is 51.2 Å². The van der Waals surface area contributed by atoms with Crippen molar-refractivity contribution in [3.8, 4) is 5.75 Å². The molecule has 0 amide bonds. The first-order chi connectivity index (χ1) is 9.71. The van der Waals surface area contributed by atoms with Crippen LogP contribution in [-0.4, -0.2) is 12.6 Å². The fraction of sp³-hybridized carbons (Fsp3) is 0.333. The fourth-order valence-electron chi connectivity index (χ4n) is 1.86. The minimum absolute atomic E-state index is 0.0917. The van der Waals surface area contributed by atoms with E-state index in [1.165, 1.54) is 9.75 Å². The molecule has 0 saturated heterocycles. The van der Waals surface area contributed by atoms with Crippen LogP contribution in [0.3, 0.4) is 0 Å². The van der Waals surface area contributed by atoms with Gasteiger partial charge in [-0.3, -0.25) is 11.3 Å². The van der Waals surface area contributed by atoms with Gasteiger partial charge in [0.15, 0.2) is 0 Å². The van der Waals surface area contributed by atoms with Crippen molar-refractivity contribution in [2.75, 3.05) is 6.61 Å². The number of aryl methyl sites for hydroxylation is 1. The predicted octanol–water partition coefficient (Wildman–Crippen LogP) is 3.42. The van der Waals surface area contributed by atoms with Crippen molar-refractivity contribution in [1.29, 1.82) is 0 Å². The molecule has 0 saturated carbocycles. The van der Waals surface area contributed by atoms with Gasteiger partial charge in [-0.25, -0.2) is 0 Å². The fourth-order valence-corrected chi connectivity index (χ4v) is 3.02. The maximum atomic E-state index is 5.84. The zero-order chi connectivity index (χ0) is 14.4. The third kappa shape index (κ3) is 4.49. The van der Waals surface area contributed by atoms with Crippen molar-refractivity contribution in [1.82, 2.24) is 5.43 Å². The van der Waals surface area contributed by atoms with E-state index in [-0.39, 0.29) is 6.04 Å². The zero-order valence-corrected chi connectivity index (χ0v) is 13.0. The molecule has 0 fully saturated rings. The molecule has 20 heavy (non-hydrogen) atoms. The average molecular weight is 311 g/mol. The first-order valence-corrected chi connectivity index (χ1v) is 7.82. The van der Waals surface area contributed by atoms with Gasteiger partial charge in [0.1, 0.15) is 12.4 Å². The molecule has 5 heteroatoms. The highest BCUT2D eigenvalue weighted by Gasteiger charge is 2.10. The SMILES string of the molecule is CCc1ccc(CC(COc2ccc(Cl)cc2)NN)s1. The maximum absolute atomic E-state index is 5.84. The van der Waals surface area contributed by atoms with Crippen molar-refractivity contribution < 1.29 is 4.74 Å². The number of hydrogen-bond acceptors (Lipinski definition) is 4. The van der Waals surface area contributed by atoms with E-state index in [0.29, 0.717) is 11.6 Å². The molecule has 1 unspecified atom stereocenters. The molecule has 3 nitrogen and oxygen atoms in total. The summed E-state index contributed by atoms with van der Waals surface area (Å²) in [7, 11) is 0. The smallest absolute Gasteiger partial charge is 0.119 e. The standard InChI is InChI=1S/C15H19ClN2OS/c1-2-14-7-8-15(20-14)9-12(18-17)10-19-13-5-3-11(16)4-6-13/h3-8,12,18H,2,9-10,17H2,1H3. The number of nitrogens with two attached hydrogens (primary N) is 1. The van der Waals surface area contributed by atoms with Gasteiger partial charge < -0.3 is 4.74 Å². The Morgan fingerprint density at radius 3 is 2.50 bits per heavy atom. The van der Waals surface area contributed by atoms with E-state index >= 15 is 0 Å². The molecule has 0 aliphatic heterocycles. The molecule has 108 valence electrons. The molecule has 3 N–H and O–H groups in total. The van der Waals surface area contributed by atoms with Crippen molar-refractivity contribution in [2.24, 2.45) is 5.84 Å². The number of ether oxygens (including phenoxy) is 1. The number of hydrazine groups is 1. The second-order valence-electron chi connectivity index (χ2n) is 4.55. The highest BCUT2D eigenvalue weighted by Crippen LogP contribution is 2.19. The lowest BCUT2D eigenvalue weighted by Gasteiger charge is -2.16. The summed E-state index contributed by atoms with van der Waals surface area (Å²) < 4.78 is 5.72. The van der Waals surface area contributed by atoms with Gasteiger partial charge in [-0.15, -0.1) is 11.3 Å². The van der Waals surface area contributed by atoms with E-state index in [1.54, 1.807) is 0 Å². The molecule has 1 aromatic carbocycles. The summed E-state index contributed by atoms with van der Waals surface area (Å²) in [4.78, 5) is 2.72. The summed E-state index contributed by atoms with van der Waals surface area (Å²) in [6.07, 6.45) is 1.95. The monoisotopic (exact) mass is 310 g/mol. The third-order valence-corrected chi connectivity index (χ3v) is 4.52. The Labute approximate surface area is 128 Å². The lowest BCUT2D eigenvalue weighted by atomic mass is 10.2. The number of nitrogens with one attached hydrogen (secondary N) is 1. The minimum Gasteiger partial charge on any atom is -0.492 e. The largest absolute Gasteiger partial charge is 0.492 e. The number of rotatable bonds is 7. The van der Waals surface area contributed by atoms with Gasteiger partial charge in [-0.05, 0) is 42.8 Å². The summed E-state index contributed by atoms with van der Waals surface area (Å²) >= 11 is 7.67. The van der Waals surface area contributed by atoms with Crippen LogP contribution < -0.4 is 16.0 Å². The molecule has 2 aromatic rings. The summed E-state index contributed by atoms with van der Waals surface area (Å²) in [5, 5.41) is 0.705. The normalized spacial score (nSPS) is 12.3. The molecular formula is C15H19ClN2OS. The Morgan fingerprint density at radius 2 is 1.90 bits per heavy atom. The zero-order valence-electron chi connectivity index (χ0n) is 11.4. The molecule has 0 bridgehead atoms. The molecule has 2 rings (SSSR count). The Hall–Kier alpha value is -1.07. The lowest BCUT2D eigenvalue weighted by molar-refractivity contribution is 0.265. The van der Waals surface area contributed by atoms with Gasteiger partial charge in [0, 0.05) is 21.2 Å². The molecule has 1 heterocycles. The molecule has 0 radical (unpaired) electrons. The predicted molar refractivity (Wildman–Crippen MR) is 85.5 cm³/mol. The van der Waals surface area contributed by atoms with Crippen LogP contribution in [0.25, 0.3) is 0 Å². The van der Waals surface area contributed by atoms with Gasteiger partial charge in [0.25, 0.3) is 0 Å².